The van der Waals surface area contributed by atoms with Gasteiger partial charge in [0.25, 0.3) is 5.91 Å². The van der Waals surface area contributed by atoms with Gasteiger partial charge in [0.15, 0.2) is 11.3 Å². The molecule has 0 fully saturated rings. The summed E-state index contributed by atoms with van der Waals surface area (Å²) in [5.74, 6) is -0.710. The largest absolute Gasteiger partial charge is 0.469 e. The molecule has 2 aromatic heterocycles. The highest BCUT2D eigenvalue weighted by molar-refractivity contribution is 5.97. The molecule has 0 aliphatic rings. The van der Waals surface area contributed by atoms with Crippen molar-refractivity contribution in [3.8, 4) is 0 Å². The monoisotopic (exact) mass is 304 g/mol. The minimum absolute atomic E-state index is 0.215. The second kappa shape index (κ2) is 7.02. The number of fused-ring (bicyclic) bond motifs is 1. The number of nitrogens with one attached hydrogen (secondary N) is 1. The molecule has 2 heterocycles. The first kappa shape index (κ1) is 15.9. The predicted molar refractivity (Wildman–Crippen MR) is 80.3 cm³/mol. The fraction of sp³-hybridized carbons (Fsp3) is 0.467. The van der Waals surface area contributed by atoms with Crippen LogP contribution in [-0.4, -0.2) is 39.9 Å². The number of ether oxygens (including phenoxy) is 1. The molecule has 2 rings (SSSR count). The lowest BCUT2D eigenvalue weighted by molar-refractivity contribution is -0.145. The van der Waals surface area contributed by atoms with E-state index in [1.165, 1.54) is 13.3 Å². The van der Waals surface area contributed by atoms with Gasteiger partial charge in [0.2, 0.25) is 0 Å². The van der Waals surface area contributed by atoms with Crippen LogP contribution in [0.25, 0.3) is 5.65 Å². The molecule has 0 saturated heterocycles. The van der Waals surface area contributed by atoms with Crippen LogP contribution >= 0.6 is 0 Å². The summed E-state index contributed by atoms with van der Waals surface area (Å²) in [6.07, 6.45) is 7.24. The molecule has 0 radical (unpaired) electrons. The van der Waals surface area contributed by atoms with Gasteiger partial charge in [0.1, 0.15) is 0 Å². The first-order chi connectivity index (χ1) is 10.5. The van der Waals surface area contributed by atoms with Crippen molar-refractivity contribution >= 4 is 17.5 Å². The smallest absolute Gasteiger partial charge is 0.310 e. The van der Waals surface area contributed by atoms with E-state index in [2.05, 4.69) is 15.3 Å². The van der Waals surface area contributed by atoms with Crippen LogP contribution in [0, 0.1) is 11.8 Å². The van der Waals surface area contributed by atoms with Crippen molar-refractivity contribution < 1.29 is 14.3 Å². The molecule has 1 atom stereocenters. The van der Waals surface area contributed by atoms with Gasteiger partial charge in [-0.25, -0.2) is 9.97 Å². The van der Waals surface area contributed by atoms with E-state index in [9.17, 15) is 9.59 Å². The molecule has 1 N–H and O–H groups in total. The first-order valence-corrected chi connectivity index (χ1v) is 7.16. The topological polar surface area (TPSA) is 85.6 Å². The molecule has 0 aliphatic carbocycles. The third-order valence-corrected chi connectivity index (χ3v) is 3.33. The van der Waals surface area contributed by atoms with Gasteiger partial charge < -0.3 is 14.5 Å². The van der Waals surface area contributed by atoms with Crippen LogP contribution in [0.1, 0.15) is 30.8 Å². The van der Waals surface area contributed by atoms with E-state index in [-0.39, 0.29) is 30.0 Å². The maximum atomic E-state index is 12.3. The summed E-state index contributed by atoms with van der Waals surface area (Å²) in [7, 11) is 1.35. The van der Waals surface area contributed by atoms with Crippen LogP contribution in [0.4, 0.5) is 0 Å². The van der Waals surface area contributed by atoms with Crippen LogP contribution in [0.5, 0.6) is 0 Å². The highest BCUT2D eigenvalue weighted by Gasteiger charge is 2.22. The number of carbonyl (C=O) groups is 2. The van der Waals surface area contributed by atoms with E-state index in [1.807, 2.05) is 13.8 Å². The summed E-state index contributed by atoms with van der Waals surface area (Å²) < 4.78 is 6.50. The number of hydrogen-bond acceptors (Lipinski definition) is 5. The third-order valence-electron chi connectivity index (χ3n) is 3.33. The average Bonchev–Trinajstić information content (AvgIpc) is 2.98. The number of nitrogens with zero attached hydrogens (tertiary/aromatic N) is 3. The summed E-state index contributed by atoms with van der Waals surface area (Å²) in [6.45, 7) is 4.25. The molecule has 1 unspecified atom stereocenters. The Balaban J connectivity index is 2.07. The summed E-state index contributed by atoms with van der Waals surface area (Å²) in [6, 6.07) is 0. The highest BCUT2D eigenvalue weighted by atomic mass is 16.5. The van der Waals surface area contributed by atoms with Gasteiger partial charge in [-0.05, 0) is 12.3 Å². The Bertz CT molecular complexity index is 666. The lowest BCUT2D eigenvalue weighted by Gasteiger charge is -2.17. The Labute approximate surface area is 128 Å². The zero-order valence-corrected chi connectivity index (χ0v) is 12.9. The van der Waals surface area contributed by atoms with Crippen LogP contribution in [0.2, 0.25) is 0 Å². The number of esters is 1. The summed E-state index contributed by atoms with van der Waals surface area (Å²) in [5, 5.41) is 2.75. The van der Waals surface area contributed by atoms with Gasteiger partial charge in [-0.15, -0.1) is 0 Å². The molecule has 118 valence electrons. The molecule has 7 heteroatoms. The highest BCUT2D eigenvalue weighted by Crippen LogP contribution is 2.13. The SMILES string of the molecule is COC(=O)C(CNC(=O)c1nccn2ccnc12)CC(C)C. The van der Waals surface area contributed by atoms with Crippen molar-refractivity contribution in [3.63, 3.8) is 0 Å². The van der Waals surface area contributed by atoms with E-state index in [0.29, 0.717) is 18.0 Å². The third kappa shape index (κ3) is 3.60. The molecule has 0 aromatic carbocycles. The quantitative estimate of drug-likeness (QED) is 0.813. The minimum Gasteiger partial charge on any atom is -0.469 e. The van der Waals surface area contributed by atoms with E-state index in [1.54, 1.807) is 23.0 Å². The molecular weight excluding hydrogens is 284 g/mol. The van der Waals surface area contributed by atoms with Crippen molar-refractivity contribution in [2.75, 3.05) is 13.7 Å². The van der Waals surface area contributed by atoms with Crippen LogP contribution < -0.4 is 5.32 Å². The van der Waals surface area contributed by atoms with Gasteiger partial charge in [-0.2, -0.15) is 0 Å². The molecular formula is C15H20N4O3. The standard InChI is InChI=1S/C15H20N4O3/c1-10(2)8-11(15(21)22-3)9-18-14(20)12-13-17-5-7-19(13)6-4-16-12/h4-7,10-11H,8-9H2,1-3H3,(H,18,20). The van der Waals surface area contributed by atoms with E-state index in [0.717, 1.165) is 0 Å². The number of rotatable bonds is 6. The summed E-state index contributed by atoms with van der Waals surface area (Å²) >= 11 is 0. The Morgan fingerprint density at radius 1 is 1.27 bits per heavy atom. The zero-order chi connectivity index (χ0) is 16.1. The Hall–Kier alpha value is -2.44. The van der Waals surface area contributed by atoms with Gasteiger partial charge >= 0.3 is 5.97 Å². The van der Waals surface area contributed by atoms with Gasteiger partial charge in [-0.1, -0.05) is 13.8 Å². The Morgan fingerprint density at radius 3 is 2.59 bits per heavy atom. The number of carbonyl (C=O) groups excluding carboxylic acids is 2. The average molecular weight is 304 g/mol. The number of amides is 1. The molecule has 0 spiro atoms. The molecule has 0 bridgehead atoms. The molecule has 2 aromatic rings. The Kier molecular flexibility index (Phi) is 5.08. The van der Waals surface area contributed by atoms with Gasteiger partial charge in [0.05, 0.1) is 13.0 Å². The predicted octanol–water partition coefficient (Wildman–Crippen LogP) is 1.29. The van der Waals surface area contributed by atoms with Crippen molar-refractivity contribution in [1.82, 2.24) is 19.7 Å². The lowest BCUT2D eigenvalue weighted by atomic mass is 9.97. The van der Waals surface area contributed by atoms with Crippen molar-refractivity contribution in [2.24, 2.45) is 11.8 Å². The fourth-order valence-electron chi connectivity index (χ4n) is 2.31. The van der Waals surface area contributed by atoms with Gasteiger partial charge in [-0.3, -0.25) is 9.59 Å². The molecule has 0 saturated carbocycles. The minimum atomic E-state index is -0.367. The maximum Gasteiger partial charge on any atom is 0.310 e. The van der Waals surface area contributed by atoms with Crippen LogP contribution in [0.15, 0.2) is 24.8 Å². The summed E-state index contributed by atoms with van der Waals surface area (Å²) in [4.78, 5) is 32.2. The van der Waals surface area contributed by atoms with E-state index < -0.39 is 0 Å². The van der Waals surface area contributed by atoms with Crippen LogP contribution in [0.3, 0.4) is 0 Å². The molecule has 22 heavy (non-hydrogen) atoms. The number of imidazole rings is 1. The lowest BCUT2D eigenvalue weighted by Crippen LogP contribution is -2.35. The van der Waals surface area contributed by atoms with Gasteiger partial charge in [0, 0.05) is 31.3 Å². The normalized spacial score (nSPS) is 12.4. The van der Waals surface area contributed by atoms with Crippen molar-refractivity contribution in [2.45, 2.75) is 20.3 Å². The van der Waals surface area contributed by atoms with E-state index >= 15 is 0 Å². The second-order valence-corrected chi connectivity index (χ2v) is 5.49. The molecule has 1 amide bonds. The molecule has 7 nitrogen and oxygen atoms in total. The van der Waals surface area contributed by atoms with E-state index in [4.69, 9.17) is 4.74 Å². The summed E-state index contributed by atoms with van der Waals surface area (Å²) in [5.41, 5.74) is 0.721. The number of methoxy groups -OCH3 is 1. The number of hydrogen-bond donors (Lipinski definition) is 1. The first-order valence-electron chi connectivity index (χ1n) is 7.16. The zero-order valence-electron chi connectivity index (χ0n) is 12.9. The Morgan fingerprint density at radius 2 is 1.95 bits per heavy atom. The second-order valence-electron chi connectivity index (χ2n) is 5.49. The van der Waals surface area contributed by atoms with Crippen molar-refractivity contribution in [1.29, 1.82) is 0 Å². The van der Waals surface area contributed by atoms with Crippen LogP contribution in [-0.2, 0) is 9.53 Å². The fourth-order valence-corrected chi connectivity index (χ4v) is 2.31. The molecule has 0 aliphatic heterocycles. The number of aromatic nitrogens is 3. The maximum absolute atomic E-state index is 12.3. The van der Waals surface area contributed by atoms with Crippen molar-refractivity contribution in [3.05, 3.63) is 30.5 Å².